The summed E-state index contributed by atoms with van der Waals surface area (Å²) in [6.45, 7) is 1.38. The molecule has 0 bridgehead atoms. The van der Waals surface area contributed by atoms with Gasteiger partial charge in [-0.2, -0.15) is 0 Å². The second-order valence-electron chi connectivity index (χ2n) is 5.74. The van der Waals surface area contributed by atoms with E-state index in [9.17, 15) is 9.59 Å². The molecular formula is C16H20N4O2S. The van der Waals surface area contributed by atoms with E-state index in [2.05, 4.69) is 33.0 Å². The number of hydrogen-bond donors (Lipinski definition) is 2. The molecular weight excluding hydrogens is 312 g/mol. The predicted octanol–water partition coefficient (Wildman–Crippen LogP) is 2.24. The van der Waals surface area contributed by atoms with Crippen LogP contribution in [0.3, 0.4) is 0 Å². The number of rotatable bonds is 4. The van der Waals surface area contributed by atoms with Crippen molar-refractivity contribution in [2.75, 3.05) is 33.7 Å². The number of benzene rings is 1. The minimum atomic E-state index is -0.341. The Morgan fingerprint density at radius 1 is 1.43 bits per heavy atom. The molecule has 1 aliphatic rings. The summed E-state index contributed by atoms with van der Waals surface area (Å²) >= 11 is 1.71. The molecule has 3 rings (SSSR count). The van der Waals surface area contributed by atoms with Crippen LogP contribution in [0.1, 0.15) is 11.6 Å². The third kappa shape index (κ3) is 3.16. The molecule has 2 heterocycles. The van der Waals surface area contributed by atoms with Crippen molar-refractivity contribution in [3.05, 3.63) is 35.2 Å². The highest BCUT2D eigenvalue weighted by Crippen LogP contribution is 2.31. The zero-order valence-corrected chi connectivity index (χ0v) is 14.0. The molecule has 1 aliphatic heterocycles. The van der Waals surface area contributed by atoms with Crippen LogP contribution in [0.4, 0.5) is 9.59 Å². The Morgan fingerprint density at radius 3 is 2.91 bits per heavy atom. The minimum absolute atomic E-state index is 0.0563. The lowest BCUT2D eigenvalue weighted by atomic mass is 10.0. The van der Waals surface area contributed by atoms with Gasteiger partial charge in [0.1, 0.15) is 0 Å². The molecule has 122 valence electrons. The van der Waals surface area contributed by atoms with Crippen LogP contribution in [0.2, 0.25) is 0 Å². The third-order valence-electron chi connectivity index (χ3n) is 4.04. The van der Waals surface area contributed by atoms with Gasteiger partial charge in [-0.25, -0.2) is 14.5 Å². The molecule has 0 unspecified atom stereocenters. The van der Waals surface area contributed by atoms with Gasteiger partial charge in [0.2, 0.25) is 0 Å². The molecule has 1 aromatic heterocycles. The second kappa shape index (κ2) is 6.55. The Balaban J connectivity index is 1.75. The zero-order valence-electron chi connectivity index (χ0n) is 13.2. The van der Waals surface area contributed by atoms with E-state index in [4.69, 9.17) is 0 Å². The summed E-state index contributed by atoms with van der Waals surface area (Å²) in [5.41, 5.74) is 1.20. The van der Waals surface area contributed by atoms with E-state index in [1.54, 1.807) is 11.3 Å². The number of amides is 4. The molecule has 1 fully saturated rings. The van der Waals surface area contributed by atoms with Crippen molar-refractivity contribution >= 4 is 33.5 Å². The molecule has 1 saturated heterocycles. The Morgan fingerprint density at radius 2 is 2.22 bits per heavy atom. The van der Waals surface area contributed by atoms with Gasteiger partial charge in [-0.05, 0) is 36.5 Å². The minimum Gasteiger partial charge on any atom is -0.336 e. The van der Waals surface area contributed by atoms with Crippen LogP contribution in [-0.2, 0) is 0 Å². The van der Waals surface area contributed by atoms with E-state index in [0.29, 0.717) is 19.6 Å². The maximum Gasteiger partial charge on any atom is 0.325 e. The smallest absolute Gasteiger partial charge is 0.325 e. The van der Waals surface area contributed by atoms with Crippen molar-refractivity contribution in [1.29, 1.82) is 0 Å². The molecule has 2 aromatic rings. The number of fused-ring (bicyclic) bond motifs is 1. The van der Waals surface area contributed by atoms with Gasteiger partial charge in [-0.15, -0.1) is 11.3 Å². The van der Waals surface area contributed by atoms with Crippen LogP contribution in [-0.4, -0.2) is 55.6 Å². The number of imide groups is 1. The van der Waals surface area contributed by atoms with Crippen molar-refractivity contribution in [2.24, 2.45) is 0 Å². The fraction of sp³-hybridized carbons (Fsp3) is 0.375. The second-order valence-corrected chi connectivity index (χ2v) is 6.65. The Labute approximate surface area is 139 Å². The first-order valence-corrected chi connectivity index (χ1v) is 8.41. The predicted molar refractivity (Wildman–Crippen MR) is 91.8 cm³/mol. The highest BCUT2D eigenvalue weighted by Gasteiger charge is 2.27. The van der Waals surface area contributed by atoms with E-state index < -0.39 is 0 Å². The van der Waals surface area contributed by atoms with Gasteiger partial charge in [0, 0.05) is 24.3 Å². The lowest BCUT2D eigenvalue weighted by Crippen LogP contribution is -2.44. The summed E-state index contributed by atoms with van der Waals surface area (Å²) in [5, 5.41) is 8.86. The molecule has 1 aromatic carbocycles. The molecule has 23 heavy (non-hydrogen) atoms. The van der Waals surface area contributed by atoms with E-state index >= 15 is 0 Å². The van der Waals surface area contributed by atoms with Crippen molar-refractivity contribution in [1.82, 2.24) is 20.4 Å². The standard InChI is InChI=1S/C16H20N4O2S/c1-19(2)13(9-18-16(22)20-8-7-17-15(20)21)12-10-23-14-6-4-3-5-11(12)14/h3-6,10,13H,7-9H2,1-2H3,(H,17,21)(H,18,22)/t13-/m0/s1. The summed E-state index contributed by atoms with van der Waals surface area (Å²) in [7, 11) is 3.98. The molecule has 4 amide bonds. The van der Waals surface area contributed by atoms with Gasteiger partial charge in [0.05, 0.1) is 6.04 Å². The molecule has 0 saturated carbocycles. The van der Waals surface area contributed by atoms with Gasteiger partial charge in [0.15, 0.2) is 0 Å². The SMILES string of the molecule is CN(C)[C@@H](CNC(=O)N1CCNC1=O)c1csc2ccccc12. The highest BCUT2D eigenvalue weighted by molar-refractivity contribution is 7.17. The van der Waals surface area contributed by atoms with Gasteiger partial charge in [-0.1, -0.05) is 18.2 Å². The monoisotopic (exact) mass is 332 g/mol. The van der Waals surface area contributed by atoms with Crippen molar-refractivity contribution in [3.8, 4) is 0 Å². The number of thiophene rings is 1. The molecule has 0 spiro atoms. The topological polar surface area (TPSA) is 64.7 Å². The summed E-state index contributed by atoms with van der Waals surface area (Å²) in [5.74, 6) is 0. The van der Waals surface area contributed by atoms with Crippen LogP contribution >= 0.6 is 11.3 Å². The molecule has 0 radical (unpaired) electrons. The van der Waals surface area contributed by atoms with Crippen molar-refractivity contribution in [3.63, 3.8) is 0 Å². The van der Waals surface area contributed by atoms with Crippen LogP contribution in [0.15, 0.2) is 29.6 Å². The first kappa shape index (κ1) is 15.8. The van der Waals surface area contributed by atoms with E-state index in [1.165, 1.54) is 20.5 Å². The first-order valence-electron chi connectivity index (χ1n) is 7.53. The number of hydrogen-bond acceptors (Lipinski definition) is 4. The van der Waals surface area contributed by atoms with Gasteiger partial charge < -0.3 is 15.5 Å². The normalized spacial score (nSPS) is 16.0. The summed E-state index contributed by atoms with van der Waals surface area (Å²) in [6.07, 6.45) is 0. The lowest BCUT2D eigenvalue weighted by Gasteiger charge is -2.25. The van der Waals surface area contributed by atoms with Crippen molar-refractivity contribution < 1.29 is 9.59 Å². The van der Waals surface area contributed by atoms with Gasteiger partial charge in [0.25, 0.3) is 0 Å². The highest BCUT2D eigenvalue weighted by atomic mass is 32.1. The summed E-state index contributed by atoms with van der Waals surface area (Å²) in [6, 6.07) is 7.65. The number of nitrogens with zero attached hydrogens (tertiary/aromatic N) is 2. The number of carbonyl (C=O) groups excluding carboxylic acids is 2. The Kier molecular flexibility index (Phi) is 4.49. The molecule has 0 aliphatic carbocycles. The fourth-order valence-electron chi connectivity index (χ4n) is 2.77. The average Bonchev–Trinajstić information content (AvgIpc) is 3.14. The van der Waals surface area contributed by atoms with Crippen LogP contribution in [0, 0.1) is 0 Å². The lowest BCUT2D eigenvalue weighted by molar-refractivity contribution is 0.195. The van der Waals surface area contributed by atoms with E-state index in [-0.39, 0.29) is 18.1 Å². The maximum absolute atomic E-state index is 12.2. The average molecular weight is 332 g/mol. The number of likely N-dealkylation sites (N-methyl/N-ethyl adjacent to an activating group) is 1. The number of urea groups is 2. The molecule has 6 nitrogen and oxygen atoms in total. The molecule has 2 N–H and O–H groups in total. The summed E-state index contributed by atoms with van der Waals surface area (Å²) < 4.78 is 1.24. The Bertz CT molecular complexity index is 728. The van der Waals surface area contributed by atoms with Crippen LogP contribution in [0.5, 0.6) is 0 Å². The fourth-order valence-corrected chi connectivity index (χ4v) is 3.78. The van der Waals surface area contributed by atoms with Gasteiger partial charge >= 0.3 is 12.1 Å². The first-order chi connectivity index (χ1) is 11.1. The zero-order chi connectivity index (χ0) is 16.4. The largest absolute Gasteiger partial charge is 0.336 e. The third-order valence-corrected chi connectivity index (χ3v) is 5.02. The number of carbonyl (C=O) groups is 2. The van der Waals surface area contributed by atoms with Crippen molar-refractivity contribution in [2.45, 2.75) is 6.04 Å². The van der Waals surface area contributed by atoms with Crippen LogP contribution < -0.4 is 10.6 Å². The summed E-state index contributed by atoms with van der Waals surface area (Å²) in [4.78, 5) is 27.0. The maximum atomic E-state index is 12.2. The van der Waals surface area contributed by atoms with E-state index in [0.717, 1.165) is 0 Å². The number of nitrogens with one attached hydrogen (secondary N) is 2. The quantitative estimate of drug-likeness (QED) is 0.902. The Hall–Kier alpha value is -2.12. The molecule has 7 heteroatoms. The molecule has 1 atom stereocenters. The van der Waals surface area contributed by atoms with Crippen LogP contribution in [0.25, 0.3) is 10.1 Å². The van der Waals surface area contributed by atoms with E-state index in [1.807, 2.05) is 26.2 Å². The van der Waals surface area contributed by atoms with Gasteiger partial charge in [-0.3, -0.25) is 0 Å².